The van der Waals surface area contributed by atoms with Crippen molar-refractivity contribution < 1.29 is 31.8 Å². The topological polar surface area (TPSA) is 85.4 Å². The molecule has 1 aromatic heterocycles. The van der Waals surface area contributed by atoms with Crippen molar-refractivity contribution in [2.24, 2.45) is 0 Å². The Morgan fingerprint density at radius 2 is 1.85 bits per heavy atom. The van der Waals surface area contributed by atoms with E-state index >= 15 is 0 Å². The summed E-state index contributed by atoms with van der Waals surface area (Å²) in [5.41, 5.74) is -0.734. The molecular weight excluding hydrogens is 456 g/mol. The van der Waals surface area contributed by atoms with Gasteiger partial charge in [-0.05, 0) is 25.8 Å². The molecule has 0 unspecified atom stereocenters. The first-order chi connectivity index (χ1) is 16.2. The summed E-state index contributed by atoms with van der Waals surface area (Å²) in [5.74, 6) is -0.976. The van der Waals surface area contributed by atoms with E-state index in [1.165, 1.54) is 6.07 Å². The van der Waals surface area contributed by atoms with Crippen LogP contribution in [-0.2, 0) is 33.4 Å². The number of rotatable bonds is 7. The molecule has 0 bridgehead atoms. The van der Waals surface area contributed by atoms with Gasteiger partial charge in [-0.2, -0.15) is 13.2 Å². The van der Waals surface area contributed by atoms with Gasteiger partial charge in [-0.1, -0.05) is 25.0 Å². The highest BCUT2D eigenvalue weighted by molar-refractivity contribution is 5.79. The molecule has 2 N–H and O–H groups in total. The monoisotopic (exact) mass is 482 g/mol. The summed E-state index contributed by atoms with van der Waals surface area (Å²) in [4.78, 5) is 21.4. The Morgan fingerprint density at radius 3 is 2.53 bits per heavy atom. The highest BCUT2D eigenvalue weighted by Gasteiger charge is 2.35. The first kappa shape index (κ1) is 24.3. The lowest BCUT2D eigenvalue weighted by Gasteiger charge is -2.20. The van der Waals surface area contributed by atoms with E-state index < -0.39 is 23.8 Å². The third-order valence-electron chi connectivity index (χ3n) is 5.87. The van der Waals surface area contributed by atoms with Crippen LogP contribution in [0.2, 0.25) is 0 Å². The summed E-state index contributed by atoms with van der Waals surface area (Å²) >= 11 is 0. The fraction of sp³-hybridized carbons (Fsp3) is 0.522. The number of aryl methyl sites for hydroxylation is 1. The van der Waals surface area contributed by atoms with Gasteiger partial charge in [0.2, 0.25) is 5.91 Å². The summed E-state index contributed by atoms with van der Waals surface area (Å²) in [7, 11) is 0. The van der Waals surface area contributed by atoms with Crippen LogP contribution < -0.4 is 10.6 Å². The van der Waals surface area contributed by atoms with Gasteiger partial charge >= 0.3 is 6.18 Å². The summed E-state index contributed by atoms with van der Waals surface area (Å²) in [6.45, 7) is 2.02. The Kier molecular flexibility index (Phi) is 7.32. The highest BCUT2D eigenvalue weighted by Crippen LogP contribution is 2.34. The van der Waals surface area contributed by atoms with E-state index in [4.69, 9.17) is 9.47 Å². The molecule has 2 aliphatic rings. The number of nitrogens with zero attached hydrogens (tertiary/aromatic N) is 2. The molecule has 1 aliphatic carbocycles. The second kappa shape index (κ2) is 10.2. The molecule has 1 saturated heterocycles. The molecule has 2 fully saturated rings. The normalized spacial score (nSPS) is 17.3. The molecule has 184 valence electrons. The van der Waals surface area contributed by atoms with Crippen LogP contribution >= 0.6 is 0 Å². The average molecular weight is 482 g/mol. The molecule has 0 spiro atoms. The van der Waals surface area contributed by atoms with Crippen LogP contribution in [0.1, 0.15) is 60.2 Å². The predicted octanol–water partition coefficient (Wildman–Crippen LogP) is 4.20. The van der Waals surface area contributed by atoms with Gasteiger partial charge in [-0.25, -0.2) is 14.4 Å². The zero-order valence-electron chi connectivity index (χ0n) is 18.7. The van der Waals surface area contributed by atoms with Crippen molar-refractivity contribution in [2.75, 3.05) is 18.5 Å². The Labute approximate surface area is 194 Å². The van der Waals surface area contributed by atoms with Crippen molar-refractivity contribution in [1.29, 1.82) is 0 Å². The van der Waals surface area contributed by atoms with E-state index in [2.05, 4.69) is 20.6 Å². The fourth-order valence-corrected chi connectivity index (χ4v) is 4.30. The number of hydrogen-bond donors (Lipinski definition) is 2. The summed E-state index contributed by atoms with van der Waals surface area (Å²) in [6, 6.07) is 3.25. The lowest BCUT2D eigenvalue weighted by atomic mass is 10.1. The van der Waals surface area contributed by atoms with E-state index in [0.29, 0.717) is 36.4 Å². The molecule has 1 aromatic carbocycles. The van der Waals surface area contributed by atoms with Crippen LogP contribution in [-0.4, -0.2) is 35.1 Å². The second-order valence-corrected chi connectivity index (χ2v) is 8.41. The fourth-order valence-electron chi connectivity index (χ4n) is 4.30. The number of carbonyl (C=O) groups is 1. The van der Waals surface area contributed by atoms with Crippen molar-refractivity contribution >= 4 is 11.7 Å². The lowest BCUT2D eigenvalue weighted by molar-refractivity contribution is -0.140. The number of amides is 1. The van der Waals surface area contributed by atoms with Crippen molar-refractivity contribution in [2.45, 2.75) is 64.1 Å². The number of benzene rings is 1. The van der Waals surface area contributed by atoms with E-state index in [1.807, 2.05) is 0 Å². The molecule has 0 atom stereocenters. The Bertz CT molecular complexity index is 1040. The maximum atomic E-state index is 14.5. The minimum Gasteiger partial charge on any atom is -0.365 e. The first-order valence-corrected chi connectivity index (χ1v) is 11.2. The average Bonchev–Trinajstić information content (AvgIpc) is 3.46. The number of anilines is 1. The van der Waals surface area contributed by atoms with E-state index in [1.54, 1.807) is 6.92 Å². The zero-order chi connectivity index (χ0) is 24.3. The lowest BCUT2D eigenvalue weighted by Crippen LogP contribution is -2.34. The second-order valence-electron chi connectivity index (χ2n) is 8.41. The van der Waals surface area contributed by atoms with E-state index in [-0.39, 0.29) is 36.3 Å². The number of aromatic nitrogens is 2. The summed E-state index contributed by atoms with van der Waals surface area (Å²) < 4.78 is 65.0. The van der Waals surface area contributed by atoms with Crippen LogP contribution in [0.25, 0.3) is 0 Å². The molecule has 4 rings (SSSR count). The number of carbonyl (C=O) groups excluding carboxylic acids is 1. The molecule has 2 heterocycles. The first-order valence-electron chi connectivity index (χ1n) is 11.2. The number of hydrogen-bond acceptors (Lipinski definition) is 6. The van der Waals surface area contributed by atoms with E-state index in [0.717, 1.165) is 31.7 Å². The van der Waals surface area contributed by atoms with Gasteiger partial charge in [0.05, 0.1) is 36.5 Å². The van der Waals surface area contributed by atoms with Crippen LogP contribution in [0.15, 0.2) is 18.2 Å². The van der Waals surface area contributed by atoms with Crippen LogP contribution in [0, 0.1) is 12.7 Å². The molecule has 11 heteroatoms. The largest absolute Gasteiger partial charge is 0.419 e. The minimum atomic E-state index is -4.80. The van der Waals surface area contributed by atoms with Crippen molar-refractivity contribution in [3.05, 3.63) is 52.2 Å². The van der Waals surface area contributed by atoms with Gasteiger partial charge in [0.15, 0.2) is 6.29 Å². The number of nitrogens with one attached hydrogen (secondary N) is 2. The van der Waals surface area contributed by atoms with Crippen molar-refractivity contribution in [3.63, 3.8) is 0 Å². The van der Waals surface area contributed by atoms with Gasteiger partial charge in [-0.3, -0.25) is 4.79 Å². The van der Waals surface area contributed by atoms with Gasteiger partial charge < -0.3 is 20.1 Å². The van der Waals surface area contributed by atoms with Gasteiger partial charge in [0.1, 0.15) is 17.5 Å². The molecule has 34 heavy (non-hydrogen) atoms. The van der Waals surface area contributed by atoms with Gasteiger partial charge in [0.25, 0.3) is 0 Å². The summed E-state index contributed by atoms with van der Waals surface area (Å²) in [6.07, 6.45) is -1.66. The number of ether oxygens (including phenoxy) is 2. The zero-order valence-corrected chi connectivity index (χ0v) is 18.7. The van der Waals surface area contributed by atoms with Crippen LogP contribution in [0.4, 0.5) is 23.4 Å². The molecule has 1 amide bonds. The van der Waals surface area contributed by atoms with Crippen molar-refractivity contribution in [1.82, 2.24) is 15.3 Å². The molecule has 2 aromatic rings. The van der Waals surface area contributed by atoms with Crippen LogP contribution in [0.5, 0.6) is 0 Å². The van der Waals surface area contributed by atoms with E-state index in [9.17, 15) is 22.4 Å². The number of alkyl halides is 3. The Balaban J connectivity index is 1.60. The smallest absolute Gasteiger partial charge is 0.365 e. The maximum Gasteiger partial charge on any atom is 0.419 e. The third kappa shape index (κ3) is 5.64. The highest BCUT2D eigenvalue weighted by atomic mass is 19.4. The number of halogens is 4. The van der Waals surface area contributed by atoms with Gasteiger partial charge in [-0.15, -0.1) is 0 Å². The SMILES string of the molecule is Cc1nc(CC(=O)NC2CCCC2)c(C2OCCO2)c(NCc2cccc(C(F)(F)F)c2F)n1. The predicted molar refractivity (Wildman–Crippen MR) is 114 cm³/mol. The van der Waals surface area contributed by atoms with Gasteiger partial charge in [0, 0.05) is 18.2 Å². The third-order valence-corrected chi connectivity index (χ3v) is 5.87. The van der Waals surface area contributed by atoms with Crippen molar-refractivity contribution in [3.8, 4) is 0 Å². The molecule has 0 radical (unpaired) electrons. The standard InChI is InChI=1S/C23H26F4N4O3/c1-13-29-17(11-18(32)31-15-6-2-3-7-15)19(22-33-9-10-34-22)21(30-13)28-12-14-5-4-8-16(20(14)24)23(25,26)27/h4-5,8,15,22H,2-3,6-7,9-12H2,1H3,(H,31,32)(H,28,29,30). The van der Waals surface area contributed by atoms with Crippen LogP contribution in [0.3, 0.4) is 0 Å². The molecule has 1 saturated carbocycles. The maximum absolute atomic E-state index is 14.5. The Morgan fingerprint density at radius 1 is 1.15 bits per heavy atom. The Hall–Kier alpha value is -2.79. The molecular formula is C23H26F4N4O3. The summed E-state index contributed by atoms with van der Waals surface area (Å²) in [5, 5.41) is 5.92. The molecule has 7 nitrogen and oxygen atoms in total. The minimum absolute atomic E-state index is 0.0367. The quantitative estimate of drug-likeness (QED) is 0.576. The molecule has 1 aliphatic heterocycles.